The highest BCUT2D eigenvalue weighted by molar-refractivity contribution is 7.96. The number of sulfone groups is 1. The lowest BCUT2D eigenvalue weighted by Gasteiger charge is -2.26. The van der Waals surface area contributed by atoms with Gasteiger partial charge in [-0.1, -0.05) is 13.0 Å². The Morgan fingerprint density at radius 1 is 1.32 bits per heavy atom. The topological polar surface area (TPSA) is 92.7 Å². The van der Waals surface area contributed by atoms with E-state index in [1.165, 1.54) is 13.1 Å². The number of aliphatic imine (C=N–C) groups is 1. The first-order chi connectivity index (χ1) is 8.94. The Labute approximate surface area is 111 Å². The van der Waals surface area contributed by atoms with Crippen LogP contribution in [0, 0.1) is 0 Å². The molecule has 0 aromatic heterocycles. The van der Waals surface area contributed by atoms with E-state index >= 15 is 0 Å². The molecule has 0 saturated heterocycles. The van der Waals surface area contributed by atoms with Crippen molar-refractivity contribution in [3.63, 3.8) is 0 Å². The maximum atomic E-state index is 12.3. The van der Waals surface area contributed by atoms with E-state index < -0.39 is 26.3 Å². The van der Waals surface area contributed by atoms with Crippen molar-refractivity contribution in [1.82, 2.24) is 5.32 Å². The maximum Gasteiger partial charge on any atom is 0.228 e. The fourth-order valence-corrected chi connectivity index (χ4v) is 3.62. The first kappa shape index (κ1) is 13.7. The van der Waals surface area contributed by atoms with Gasteiger partial charge in [0.05, 0.1) is 5.75 Å². The summed E-state index contributed by atoms with van der Waals surface area (Å²) in [4.78, 5) is 27.9. The second-order valence-electron chi connectivity index (χ2n) is 4.21. The van der Waals surface area contributed by atoms with E-state index in [1.807, 2.05) is 0 Å². The van der Waals surface area contributed by atoms with Gasteiger partial charge in [0, 0.05) is 19.2 Å². The van der Waals surface area contributed by atoms with Crippen molar-refractivity contribution in [2.75, 3.05) is 19.3 Å². The zero-order valence-electron chi connectivity index (χ0n) is 10.7. The molecule has 1 heterocycles. The monoisotopic (exact) mass is 282 g/mol. The number of rotatable bonds is 1. The zero-order valence-corrected chi connectivity index (χ0v) is 11.5. The van der Waals surface area contributed by atoms with Crippen molar-refractivity contribution < 1.29 is 18.0 Å². The highest BCUT2D eigenvalue weighted by Crippen LogP contribution is 2.27. The molecule has 102 valence electrons. The Balaban J connectivity index is 2.75. The number of ketones is 2. The second kappa shape index (κ2) is 4.73. The van der Waals surface area contributed by atoms with Crippen LogP contribution in [0.15, 0.2) is 27.2 Å². The van der Waals surface area contributed by atoms with Crippen LogP contribution in [-0.4, -0.2) is 45.0 Å². The van der Waals surface area contributed by atoms with E-state index in [4.69, 9.17) is 0 Å². The summed E-state index contributed by atoms with van der Waals surface area (Å²) >= 11 is 0. The van der Waals surface area contributed by atoms with Crippen LogP contribution in [0.2, 0.25) is 0 Å². The van der Waals surface area contributed by atoms with Crippen molar-refractivity contribution >= 4 is 27.1 Å². The molecule has 0 spiro atoms. The molecule has 19 heavy (non-hydrogen) atoms. The average Bonchev–Trinajstić information content (AvgIpc) is 2.35. The zero-order chi connectivity index (χ0) is 14.2. The fraction of sp³-hybridized carbons (Fsp3) is 0.417. The van der Waals surface area contributed by atoms with E-state index in [0.717, 1.165) is 0 Å². The van der Waals surface area contributed by atoms with Crippen LogP contribution in [-0.2, 0) is 19.4 Å². The van der Waals surface area contributed by atoms with Crippen molar-refractivity contribution in [3.05, 3.63) is 22.3 Å². The average molecular weight is 282 g/mol. The Bertz CT molecular complexity index is 653. The summed E-state index contributed by atoms with van der Waals surface area (Å²) in [6.07, 6.45) is 2.06. The van der Waals surface area contributed by atoms with Gasteiger partial charge in [0.25, 0.3) is 0 Å². The lowest BCUT2D eigenvalue weighted by Crippen LogP contribution is -2.45. The van der Waals surface area contributed by atoms with Crippen LogP contribution in [0.3, 0.4) is 0 Å². The molecule has 0 aromatic rings. The van der Waals surface area contributed by atoms with Gasteiger partial charge in [0.15, 0.2) is 9.84 Å². The molecule has 6 nitrogen and oxygen atoms in total. The van der Waals surface area contributed by atoms with E-state index in [1.54, 1.807) is 6.92 Å². The number of allylic oxidation sites excluding steroid dienone is 4. The summed E-state index contributed by atoms with van der Waals surface area (Å²) in [5.41, 5.74) is -0.0265. The molecule has 0 bridgehead atoms. The number of carbonyl (C=O) groups is 2. The minimum absolute atomic E-state index is 0.0233. The largest absolute Gasteiger partial charge is 0.380 e. The summed E-state index contributed by atoms with van der Waals surface area (Å²) in [5, 5.41) is 2.71. The summed E-state index contributed by atoms with van der Waals surface area (Å²) in [6, 6.07) is 0. The standard InChI is InChI=1S/C12H14N2O4S/c1-3-4-7-8(13-2)11(16)9-12(10(7)15)19(17,18)6-5-14-9/h4,14H,3,5-6H2,1-2H3/b7-4+,13-8?. The molecule has 2 aliphatic rings. The fourth-order valence-electron chi connectivity index (χ4n) is 2.17. The first-order valence-corrected chi connectivity index (χ1v) is 7.57. The molecule has 2 rings (SSSR count). The number of carbonyl (C=O) groups excluding carboxylic acids is 2. The molecule has 0 fully saturated rings. The molecule has 0 amide bonds. The van der Waals surface area contributed by atoms with E-state index in [0.29, 0.717) is 6.42 Å². The van der Waals surface area contributed by atoms with Crippen LogP contribution < -0.4 is 5.32 Å². The number of Topliss-reactive ketones (excluding diaryl/α,β-unsaturated/α-hetero) is 2. The molecule has 0 aromatic carbocycles. The Morgan fingerprint density at radius 2 is 2.00 bits per heavy atom. The predicted octanol–water partition coefficient (Wildman–Crippen LogP) is -0.225. The van der Waals surface area contributed by atoms with Gasteiger partial charge in [0.1, 0.15) is 16.3 Å². The van der Waals surface area contributed by atoms with Gasteiger partial charge in [-0.25, -0.2) is 8.42 Å². The predicted molar refractivity (Wildman–Crippen MR) is 70.6 cm³/mol. The van der Waals surface area contributed by atoms with Gasteiger partial charge < -0.3 is 5.32 Å². The lowest BCUT2D eigenvalue weighted by atomic mass is 9.92. The lowest BCUT2D eigenvalue weighted by molar-refractivity contribution is -0.114. The van der Waals surface area contributed by atoms with Gasteiger partial charge in [-0.15, -0.1) is 0 Å². The van der Waals surface area contributed by atoms with E-state index in [-0.39, 0.29) is 29.3 Å². The van der Waals surface area contributed by atoms with Crippen LogP contribution in [0.4, 0.5) is 0 Å². The van der Waals surface area contributed by atoms with Crippen LogP contribution >= 0.6 is 0 Å². The third-order valence-corrected chi connectivity index (χ3v) is 4.74. The summed E-state index contributed by atoms with van der Waals surface area (Å²) < 4.78 is 24.0. The molecule has 0 atom stereocenters. The Kier molecular flexibility index (Phi) is 3.40. The highest BCUT2D eigenvalue weighted by atomic mass is 32.2. The van der Waals surface area contributed by atoms with E-state index in [2.05, 4.69) is 10.3 Å². The van der Waals surface area contributed by atoms with Gasteiger partial charge >= 0.3 is 0 Å². The van der Waals surface area contributed by atoms with Crippen LogP contribution in [0.5, 0.6) is 0 Å². The smallest absolute Gasteiger partial charge is 0.228 e. The molecule has 0 unspecified atom stereocenters. The van der Waals surface area contributed by atoms with Gasteiger partial charge in [0.2, 0.25) is 11.6 Å². The molecule has 7 heteroatoms. The number of nitrogens with one attached hydrogen (secondary N) is 1. The Morgan fingerprint density at radius 3 is 2.58 bits per heavy atom. The molecule has 1 aliphatic heterocycles. The molecule has 1 N–H and O–H groups in total. The quantitative estimate of drug-likeness (QED) is 0.671. The van der Waals surface area contributed by atoms with Gasteiger partial charge in [-0.05, 0) is 6.42 Å². The number of nitrogens with zero attached hydrogens (tertiary/aromatic N) is 1. The summed E-state index contributed by atoms with van der Waals surface area (Å²) in [6.45, 7) is 1.93. The second-order valence-corrected chi connectivity index (χ2v) is 6.25. The summed E-state index contributed by atoms with van der Waals surface area (Å²) in [5.74, 6) is -1.34. The van der Waals surface area contributed by atoms with Gasteiger partial charge in [-0.2, -0.15) is 0 Å². The molecule has 0 saturated carbocycles. The van der Waals surface area contributed by atoms with E-state index in [9.17, 15) is 18.0 Å². The van der Waals surface area contributed by atoms with Crippen molar-refractivity contribution in [2.24, 2.45) is 4.99 Å². The minimum atomic E-state index is -3.70. The third kappa shape index (κ3) is 2.03. The molecule has 0 radical (unpaired) electrons. The molecule has 1 aliphatic carbocycles. The molecular weight excluding hydrogens is 268 g/mol. The first-order valence-electron chi connectivity index (χ1n) is 5.91. The van der Waals surface area contributed by atoms with Crippen LogP contribution in [0.25, 0.3) is 0 Å². The Hall–Kier alpha value is -1.76. The van der Waals surface area contributed by atoms with Crippen molar-refractivity contribution in [3.8, 4) is 0 Å². The molecular formula is C12H14N2O4S. The maximum absolute atomic E-state index is 12.3. The minimum Gasteiger partial charge on any atom is -0.380 e. The third-order valence-electron chi connectivity index (χ3n) is 2.99. The van der Waals surface area contributed by atoms with Crippen molar-refractivity contribution in [2.45, 2.75) is 13.3 Å². The number of hydrogen-bond donors (Lipinski definition) is 1. The van der Waals surface area contributed by atoms with Crippen molar-refractivity contribution in [1.29, 1.82) is 0 Å². The van der Waals surface area contributed by atoms with Crippen LogP contribution in [0.1, 0.15) is 13.3 Å². The number of hydrogen-bond acceptors (Lipinski definition) is 6. The summed E-state index contributed by atoms with van der Waals surface area (Å²) in [7, 11) is -2.29. The highest BCUT2D eigenvalue weighted by Gasteiger charge is 2.43. The SMILES string of the molecule is CC/C=C1/C(=O)C2=C(NCCS2(=O)=O)C(=O)C1=NC. The van der Waals surface area contributed by atoms with Gasteiger partial charge in [-0.3, -0.25) is 14.6 Å². The normalized spacial score (nSPS) is 26.6.